The van der Waals surface area contributed by atoms with Gasteiger partial charge in [0.2, 0.25) is 5.43 Å². The Morgan fingerprint density at radius 2 is 1.79 bits per heavy atom. The average Bonchev–Trinajstić information content (AvgIpc) is 2.66. The van der Waals surface area contributed by atoms with Gasteiger partial charge in [0.15, 0.2) is 0 Å². The topological polar surface area (TPSA) is 92.1 Å². The molecule has 1 aromatic carbocycles. The van der Waals surface area contributed by atoms with Gasteiger partial charge in [0.05, 0.1) is 5.52 Å². The molecule has 29 heavy (non-hydrogen) atoms. The van der Waals surface area contributed by atoms with Crippen LogP contribution >= 0.6 is 0 Å². The summed E-state index contributed by atoms with van der Waals surface area (Å²) in [4.78, 5) is 40.1. The number of carboxylic acid groups (broad SMARTS) is 1. The number of ether oxygens (including phenoxy) is 1. The Balaban J connectivity index is 1.85. The smallest absolute Gasteiger partial charge is 0.410 e. The molecule has 1 fully saturated rings. The summed E-state index contributed by atoms with van der Waals surface area (Å²) in [5, 5.41) is 9.74. The highest BCUT2D eigenvalue weighted by Gasteiger charge is 2.26. The van der Waals surface area contributed by atoms with Crippen LogP contribution in [0.3, 0.4) is 0 Å². The Morgan fingerprint density at radius 3 is 2.34 bits per heavy atom. The van der Waals surface area contributed by atoms with Crippen molar-refractivity contribution in [2.45, 2.75) is 39.8 Å². The molecule has 1 aliphatic rings. The Hall–Kier alpha value is -3.03. The molecule has 1 aromatic heterocycles. The van der Waals surface area contributed by atoms with Gasteiger partial charge in [0, 0.05) is 50.0 Å². The molecule has 0 radical (unpaired) electrons. The van der Waals surface area contributed by atoms with Gasteiger partial charge in [-0.2, -0.15) is 0 Å². The number of carboxylic acids is 1. The molecular weight excluding hydrogens is 374 g/mol. The lowest BCUT2D eigenvalue weighted by Gasteiger charge is -2.36. The van der Waals surface area contributed by atoms with Crippen LogP contribution in [-0.2, 0) is 11.3 Å². The van der Waals surface area contributed by atoms with Gasteiger partial charge in [0.1, 0.15) is 11.2 Å². The zero-order valence-corrected chi connectivity index (χ0v) is 17.3. The summed E-state index contributed by atoms with van der Waals surface area (Å²) in [6.45, 7) is 10.2. The number of hydrogen-bond donors (Lipinski definition) is 1. The summed E-state index contributed by atoms with van der Waals surface area (Å²) in [7, 11) is 0. The summed E-state index contributed by atoms with van der Waals surface area (Å²) in [5.41, 5.74) is 0.299. The van der Waals surface area contributed by atoms with Gasteiger partial charge < -0.3 is 24.2 Å². The number of benzene rings is 1. The van der Waals surface area contributed by atoms with E-state index in [1.807, 2.05) is 39.8 Å². The molecular formula is C21H27N3O5. The van der Waals surface area contributed by atoms with Crippen LogP contribution in [0.25, 0.3) is 10.9 Å². The normalized spacial score (nSPS) is 14.9. The first-order chi connectivity index (χ1) is 13.6. The van der Waals surface area contributed by atoms with Crippen LogP contribution in [0.4, 0.5) is 10.5 Å². The van der Waals surface area contributed by atoms with E-state index < -0.39 is 17.0 Å². The number of amides is 1. The van der Waals surface area contributed by atoms with Gasteiger partial charge in [-0.15, -0.1) is 0 Å². The molecule has 0 atom stereocenters. The van der Waals surface area contributed by atoms with Gasteiger partial charge in [-0.3, -0.25) is 4.79 Å². The van der Waals surface area contributed by atoms with Crippen molar-refractivity contribution in [2.75, 3.05) is 31.1 Å². The summed E-state index contributed by atoms with van der Waals surface area (Å²) in [6, 6.07) is 5.53. The molecule has 0 saturated carbocycles. The van der Waals surface area contributed by atoms with Gasteiger partial charge in [-0.1, -0.05) is 0 Å². The Morgan fingerprint density at radius 1 is 1.14 bits per heavy atom. The number of nitrogens with zero attached hydrogens (tertiary/aromatic N) is 3. The number of aryl methyl sites for hydroxylation is 1. The van der Waals surface area contributed by atoms with Crippen molar-refractivity contribution in [3.8, 4) is 0 Å². The van der Waals surface area contributed by atoms with E-state index in [-0.39, 0.29) is 11.7 Å². The molecule has 0 unspecified atom stereocenters. The molecule has 0 spiro atoms. The lowest BCUT2D eigenvalue weighted by atomic mass is 10.1. The quantitative estimate of drug-likeness (QED) is 0.850. The molecule has 0 aliphatic carbocycles. The zero-order valence-electron chi connectivity index (χ0n) is 17.3. The minimum atomic E-state index is -1.23. The molecule has 3 rings (SSSR count). The summed E-state index contributed by atoms with van der Waals surface area (Å²) >= 11 is 0. The second-order valence-corrected chi connectivity index (χ2v) is 8.12. The second-order valence-electron chi connectivity index (χ2n) is 8.12. The maximum atomic E-state index is 12.7. The summed E-state index contributed by atoms with van der Waals surface area (Å²) in [5.74, 6) is -1.23. The van der Waals surface area contributed by atoms with Crippen molar-refractivity contribution in [3.63, 3.8) is 0 Å². The van der Waals surface area contributed by atoms with Crippen molar-refractivity contribution in [3.05, 3.63) is 40.2 Å². The molecule has 1 aliphatic heterocycles. The monoisotopic (exact) mass is 401 g/mol. The number of carbonyl (C=O) groups is 2. The molecule has 156 valence electrons. The first-order valence-corrected chi connectivity index (χ1v) is 9.74. The van der Waals surface area contributed by atoms with E-state index in [2.05, 4.69) is 4.90 Å². The largest absolute Gasteiger partial charge is 0.477 e. The van der Waals surface area contributed by atoms with Gasteiger partial charge in [-0.25, -0.2) is 9.59 Å². The average molecular weight is 401 g/mol. The molecule has 8 nitrogen and oxygen atoms in total. The van der Waals surface area contributed by atoms with Crippen molar-refractivity contribution in [1.82, 2.24) is 9.47 Å². The predicted octanol–water partition coefficient (Wildman–Crippen LogP) is 2.78. The predicted molar refractivity (Wildman–Crippen MR) is 111 cm³/mol. The number of piperazine rings is 1. The third-order valence-corrected chi connectivity index (χ3v) is 4.93. The standard InChI is InChI=1S/C21H27N3O5/c1-5-22-13-16(19(26)27)18(25)15-12-14(6-7-17(15)22)23-8-10-24(11-9-23)20(28)29-21(2,3)4/h6-7,12-13H,5,8-11H2,1-4H3,(H,26,27). The van der Waals surface area contributed by atoms with E-state index in [1.165, 1.54) is 6.20 Å². The van der Waals surface area contributed by atoms with Crippen LogP contribution in [-0.4, -0.2) is 58.4 Å². The lowest BCUT2D eigenvalue weighted by molar-refractivity contribution is 0.0240. The van der Waals surface area contributed by atoms with Crippen LogP contribution < -0.4 is 10.3 Å². The highest BCUT2D eigenvalue weighted by atomic mass is 16.6. The molecule has 8 heteroatoms. The fourth-order valence-electron chi connectivity index (χ4n) is 3.47. The van der Waals surface area contributed by atoms with E-state index in [0.717, 1.165) is 5.69 Å². The number of aromatic carboxylic acids is 1. The third kappa shape index (κ3) is 4.36. The Labute approximate surface area is 169 Å². The van der Waals surface area contributed by atoms with Crippen LogP contribution in [0.2, 0.25) is 0 Å². The van der Waals surface area contributed by atoms with Crippen molar-refractivity contribution < 1.29 is 19.4 Å². The summed E-state index contributed by atoms with van der Waals surface area (Å²) in [6.07, 6.45) is 1.07. The second kappa shape index (κ2) is 7.77. The molecule has 1 amide bonds. The van der Waals surface area contributed by atoms with E-state index in [1.54, 1.807) is 15.5 Å². The molecule has 2 heterocycles. The maximum absolute atomic E-state index is 12.7. The molecule has 0 bridgehead atoms. The van der Waals surface area contributed by atoms with Crippen molar-refractivity contribution >= 4 is 28.7 Å². The molecule has 2 aromatic rings. The number of anilines is 1. The molecule has 1 saturated heterocycles. The maximum Gasteiger partial charge on any atom is 0.410 e. The highest BCUT2D eigenvalue weighted by Crippen LogP contribution is 2.23. The van der Waals surface area contributed by atoms with E-state index >= 15 is 0 Å². The van der Waals surface area contributed by atoms with Crippen LogP contribution in [0.1, 0.15) is 38.1 Å². The Kier molecular flexibility index (Phi) is 5.55. The Bertz CT molecular complexity index is 998. The third-order valence-electron chi connectivity index (χ3n) is 4.93. The highest BCUT2D eigenvalue weighted by molar-refractivity contribution is 5.93. The van der Waals surface area contributed by atoms with Crippen LogP contribution in [0.15, 0.2) is 29.2 Å². The van der Waals surface area contributed by atoms with E-state index in [0.29, 0.717) is 43.6 Å². The van der Waals surface area contributed by atoms with E-state index in [9.17, 15) is 19.5 Å². The van der Waals surface area contributed by atoms with Crippen molar-refractivity contribution in [2.24, 2.45) is 0 Å². The number of hydrogen-bond acceptors (Lipinski definition) is 5. The lowest BCUT2D eigenvalue weighted by Crippen LogP contribution is -2.50. The fraction of sp³-hybridized carbons (Fsp3) is 0.476. The minimum absolute atomic E-state index is 0.230. The fourth-order valence-corrected chi connectivity index (χ4v) is 3.47. The number of fused-ring (bicyclic) bond motifs is 1. The van der Waals surface area contributed by atoms with Gasteiger partial charge in [0.25, 0.3) is 0 Å². The van der Waals surface area contributed by atoms with Gasteiger partial charge >= 0.3 is 12.1 Å². The number of rotatable bonds is 3. The van der Waals surface area contributed by atoms with E-state index in [4.69, 9.17) is 4.74 Å². The number of pyridine rings is 1. The van der Waals surface area contributed by atoms with Crippen molar-refractivity contribution in [1.29, 1.82) is 0 Å². The van der Waals surface area contributed by atoms with Crippen LogP contribution in [0.5, 0.6) is 0 Å². The summed E-state index contributed by atoms with van der Waals surface area (Å²) < 4.78 is 7.19. The van der Waals surface area contributed by atoms with Crippen LogP contribution in [0, 0.1) is 0 Å². The first-order valence-electron chi connectivity index (χ1n) is 9.74. The first kappa shape index (κ1) is 20.7. The van der Waals surface area contributed by atoms with Gasteiger partial charge in [-0.05, 0) is 45.9 Å². The minimum Gasteiger partial charge on any atom is -0.477 e. The number of carbonyl (C=O) groups excluding carboxylic acids is 1. The zero-order chi connectivity index (χ0) is 21.3. The molecule has 1 N–H and O–H groups in total. The SMILES string of the molecule is CCn1cc(C(=O)O)c(=O)c2cc(N3CCN(C(=O)OC(C)(C)C)CC3)ccc21. The number of aromatic nitrogens is 1.